The Balaban J connectivity index is 1.56. The van der Waals surface area contributed by atoms with Crippen LogP contribution in [0.15, 0.2) is 60.9 Å². The maximum Gasteiger partial charge on any atom is 0.156 e. The molecule has 0 unspecified atom stereocenters. The Morgan fingerprint density at radius 3 is 2.48 bits per heavy atom. The van der Waals surface area contributed by atoms with E-state index in [1.54, 1.807) is 12.4 Å². The van der Waals surface area contributed by atoms with Gasteiger partial charge < -0.3 is 10.1 Å². The molecule has 1 aromatic carbocycles. The van der Waals surface area contributed by atoms with Gasteiger partial charge >= 0.3 is 0 Å². The van der Waals surface area contributed by atoms with Crippen LogP contribution in [0.25, 0.3) is 22.4 Å². The highest BCUT2D eigenvalue weighted by Crippen LogP contribution is 2.29. The van der Waals surface area contributed by atoms with Crippen molar-refractivity contribution in [3.8, 4) is 22.4 Å². The standard InChI is InChI=1S/C21H23N5O/c1-2-4-18(5-3-1)20-16-19(17-6-8-22-9-7-17)21(25-24-20)23-10-11-26-12-14-27-15-13-26/h1-9,16H,10-15H2,(H,23,25). The number of nitrogens with one attached hydrogen (secondary N) is 1. The summed E-state index contributed by atoms with van der Waals surface area (Å²) in [5.41, 5.74) is 4.03. The Morgan fingerprint density at radius 1 is 0.926 bits per heavy atom. The molecule has 0 spiro atoms. The molecule has 1 saturated heterocycles. The number of aromatic nitrogens is 3. The molecular formula is C21H23N5O. The van der Waals surface area contributed by atoms with Crippen LogP contribution in [0.2, 0.25) is 0 Å². The molecule has 0 amide bonds. The van der Waals surface area contributed by atoms with Gasteiger partial charge in [-0.15, -0.1) is 10.2 Å². The molecule has 4 rings (SSSR count). The van der Waals surface area contributed by atoms with Crippen LogP contribution in [0.1, 0.15) is 0 Å². The molecule has 1 N–H and O–H groups in total. The molecule has 0 bridgehead atoms. The maximum atomic E-state index is 5.41. The van der Waals surface area contributed by atoms with E-state index >= 15 is 0 Å². The van der Waals surface area contributed by atoms with Crippen LogP contribution >= 0.6 is 0 Å². The first kappa shape index (κ1) is 17.6. The number of hydrogen-bond donors (Lipinski definition) is 1. The van der Waals surface area contributed by atoms with Crippen LogP contribution in [0.4, 0.5) is 5.82 Å². The van der Waals surface area contributed by atoms with Crippen molar-refractivity contribution in [1.82, 2.24) is 20.1 Å². The molecule has 0 saturated carbocycles. The predicted molar refractivity (Wildman–Crippen MR) is 106 cm³/mol. The number of nitrogens with zero attached hydrogens (tertiary/aromatic N) is 4. The third-order valence-corrected chi connectivity index (χ3v) is 4.68. The summed E-state index contributed by atoms with van der Waals surface area (Å²) in [7, 11) is 0. The lowest BCUT2D eigenvalue weighted by molar-refractivity contribution is 0.0398. The maximum absolute atomic E-state index is 5.41. The second kappa shape index (κ2) is 8.70. The van der Waals surface area contributed by atoms with Crippen LogP contribution in [0, 0.1) is 0 Å². The van der Waals surface area contributed by atoms with E-state index in [1.807, 2.05) is 42.5 Å². The Morgan fingerprint density at radius 2 is 1.70 bits per heavy atom. The number of morpholine rings is 1. The van der Waals surface area contributed by atoms with Gasteiger partial charge in [-0.1, -0.05) is 30.3 Å². The summed E-state index contributed by atoms with van der Waals surface area (Å²) in [6, 6.07) is 16.2. The van der Waals surface area contributed by atoms with Crippen molar-refractivity contribution in [3.05, 3.63) is 60.9 Å². The lowest BCUT2D eigenvalue weighted by Gasteiger charge is -2.26. The van der Waals surface area contributed by atoms with Gasteiger partial charge in [-0.05, 0) is 23.8 Å². The third kappa shape index (κ3) is 4.48. The fourth-order valence-corrected chi connectivity index (χ4v) is 3.18. The Bertz CT molecular complexity index is 851. The van der Waals surface area contributed by atoms with E-state index in [0.717, 1.165) is 67.6 Å². The molecule has 3 heterocycles. The molecular weight excluding hydrogens is 338 g/mol. The number of pyridine rings is 1. The number of anilines is 1. The molecule has 0 radical (unpaired) electrons. The van der Waals surface area contributed by atoms with Crippen LogP contribution in [0.5, 0.6) is 0 Å². The zero-order valence-electron chi connectivity index (χ0n) is 15.2. The van der Waals surface area contributed by atoms with Crippen LogP contribution in [0.3, 0.4) is 0 Å². The molecule has 0 atom stereocenters. The summed E-state index contributed by atoms with van der Waals surface area (Å²) in [4.78, 5) is 6.53. The van der Waals surface area contributed by atoms with Crippen molar-refractivity contribution in [3.63, 3.8) is 0 Å². The van der Waals surface area contributed by atoms with E-state index in [4.69, 9.17) is 4.74 Å². The van der Waals surface area contributed by atoms with E-state index in [-0.39, 0.29) is 0 Å². The van der Waals surface area contributed by atoms with Crippen molar-refractivity contribution in [2.75, 3.05) is 44.7 Å². The van der Waals surface area contributed by atoms with Gasteiger partial charge in [0.1, 0.15) is 0 Å². The van der Waals surface area contributed by atoms with E-state index in [9.17, 15) is 0 Å². The van der Waals surface area contributed by atoms with Gasteiger partial charge in [0, 0.05) is 49.7 Å². The first-order chi connectivity index (χ1) is 13.4. The van der Waals surface area contributed by atoms with Crippen LogP contribution in [-0.2, 0) is 4.74 Å². The minimum Gasteiger partial charge on any atom is -0.379 e. The van der Waals surface area contributed by atoms with Crippen LogP contribution < -0.4 is 5.32 Å². The van der Waals surface area contributed by atoms with Gasteiger partial charge in [-0.2, -0.15) is 0 Å². The van der Waals surface area contributed by atoms with E-state index < -0.39 is 0 Å². The summed E-state index contributed by atoms with van der Waals surface area (Å²) in [6.45, 7) is 5.37. The van der Waals surface area contributed by atoms with E-state index in [1.165, 1.54) is 0 Å². The zero-order valence-corrected chi connectivity index (χ0v) is 15.2. The molecule has 1 aliphatic rings. The van der Waals surface area contributed by atoms with E-state index in [0.29, 0.717) is 0 Å². The fourth-order valence-electron chi connectivity index (χ4n) is 3.18. The lowest BCUT2D eigenvalue weighted by Crippen LogP contribution is -2.39. The minimum absolute atomic E-state index is 0.800. The zero-order chi connectivity index (χ0) is 18.3. The van der Waals surface area contributed by atoms with Crippen molar-refractivity contribution < 1.29 is 4.74 Å². The van der Waals surface area contributed by atoms with E-state index in [2.05, 4.69) is 31.5 Å². The number of rotatable bonds is 6. The molecule has 1 aliphatic heterocycles. The normalized spacial score (nSPS) is 14.8. The Kier molecular flexibility index (Phi) is 5.67. The Labute approximate surface area is 159 Å². The third-order valence-electron chi connectivity index (χ3n) is 4.68. The average molecular weight is 361 g/mol. The van der Waals surface area contributed by atoms with Gasteiger partial charge in [0.2, 0.25) is 0 Å². The van der Waals surface area contributed by atoms with Crippen LogP contribution in [-0.4, -0.2) is 59.5 Å². The number of hydrogen-bond acceptors (Lipinski definition) is 6. The fraction of sp³-hybridized carbons (Fsp3) is 0.286. The molecule has 6 heteroatoms. The van der Waals surface area contributed by atoms with Gasteiger partial charge in [-0.25, -0.2) is 0 Å². The van der Waals surface area contributed by atoms with Crippen molar-refractivity contribution in [1.29, 1.82) is 0 Å². The number of ether oxygens (including phenoxy) is 1. The number of benzene rings is 1. The first-order valence-corrected chi connectivity index (χ1v) is 9.28. The van der Waals surface area contributed by atoms with Crippen molar-refractivity contribution in [2.45, 2.75) is 0 Å². The highest BCUT2D eigenvalue weighted by Gasteiger charge is 2.13. The molecule has 6 nitrogen and oxygen atoms in total. The van der Waals surface area contributed by atoms with Crippen molar-refractivity contribution in [2.24, 2.45) is 0 Å². The summed E-state index contributed by atoms with van der Waals surface area (Å²) < 4.78 is 5.41. The predicted octanol–water partition coefficient (Wildman–Crippen LogP) is 2.95. The smallest absolute Gasteiger partial charge is 0.156 e. The molecule has 138 valence electrons. The SMILES string of the molecule is c1ccc(-c2cc(-c3ccncc3)c(NCCN3CCOCC3)nn2)cc1. The summed E-state index contributed by atoms with van der Waals surface area (Å²) >= 11 is 0. The van der Waals surface area contributed by atoms with Crippen molar-refractivity contribution >= 4 is 5.82 Å². The molecule has 2 aromatic heterocycles. The second-order valence-corrected chi connectivity index (χ2v) is 6.47. The topological polar surface area (TPSA) is 63.2 Å². The average Bonchev–Trinajstić information content (AvgIpc) is 2.76. The highest BCUT2D eigenvalue weighted by molar-refractivity contribution is 5.78. The largest absolute Gasteiger partial charge is 0.379 e. The van der Waals surface area contributed by atoms with Gasteiger partial charge in [-0.3, -0.25) is 9.88 Å². The quantitative estimate of drug-likeness (QED) is 0.728. The molecule has 1 fully saturated rings. The minimum atomic E-state index is 0.800. The first-order valence-electron chi connectivity index (χ1n) is 9.28. The lowest BCUT2D eigenvalue weighted by atomic mass is 10.0. The van der Waals surface area contributed by atoms with Gasteiger partial charge in [0.05, 0.1) is 18.9 Å². The summed E-state index contributed by atoms with van der Waals surface area (Å²) in [5.74, 6) is 0.800. The molecule has 27 heavy (non-hydrogen) atoms. The second-order valence-electron chi connectivity index (χ2n) is 6.47. The monoisotopic (exact) mass is 361 g/mol. The molecule has 3 aromatic rings. The Hall–Kier alpha value is -2.83. The highest BCUT2D eigenvalue weighted by atomic mass is 16.5. The molecule has 0 aliphatic carbocycles. The summed E-state index contributed by atoms with van der Waals surface area (Å²) in [5, 5.41) is 12.4. The van der Waals surface area contributed by atoms with Gasteiger partial charge in [0.25, 0.3) is 0 Å². The van der Waals surface area contributed by atoms with Gasteiger partial charge in [0.15, 0.2) is 5.82 Å². The summed E-state index contributed by atoms with van der Waals surface area (Å²) in [6.07, 6.45) is 3.60.